The average molecular weight is 408 g/mol. The monoisotopic (exact) mass is 407 g/mol. The van der Waals surface area contributed by atoms with Crippen molar-refractivity contribution in [3.63, 3.8) is 0 Å². The predicted octanol–water partition coefficient (Wildman–Crippen LogP) is 2.59. The highest BCUT2D eigenvalue weighted by molar-refractivity contribution is 7.92. The van der Waals surface area contributed by atoms with Crippen LogP contribution in [0.1, 0.15) is 45.1 Å². The average Bonchev–Trinajstić information content (AvgIpc) is 3.15. The Morgan fingerprint density at radius 2 is 2.00 bits per heavy atom. The second-order valence-electron chi connectivity index (χ2n) is 8.62. The van der Waals surface area contributed by atoms with Crippen LogP contribution in [0.3, 0.4) is 0 Å². The van der Waals surface area contributed by atoms with E-state index in [1.54, 1.807) is 28.0 Å². The van der Waals surface area contributed by atoms with Crippen molar-refractivity contribution in [2.75, 3.05) is 39.5 Å². The minimum atomic E-state index is -3.07. The van der Waals surface area contributed by atoms with Gasteiger partial charge in [-0.25, -0.2) is 8.42 Å². The van der Waals surface area contributed by atoms with Crippen molar-refractivity contribution in [3.8, 4) is 5.75 Å². The van der Waals surface area contributed by atoms with Crippen LogP contribution in [0.25, 0.3) is 0 Å². The number of guanidine groups is 1. The summed E-state index contributed by atoms with van der Waals surface area (Å²) in [6.45, 7) is 5.34. The lowest BCUT2D eigenvalue weighted by molar-refractivity contribution is 0.344. The topological polar surface area (TPSA) is 71.0 Å². The lowest BCUT2D eigenvalue weighted by Crippen LogP contribution is -2.58. The van der Waals surface area contributed by atoms with E-state index in [2.05, 4.69) is 33.4 Å². The van der Waals surface area contributed by atoms with Crippen molar-refractivity contribution in [2.24, 2.45) is 4.99 Å². The van der Waals surface area contributed by atoms with Gasteiger partial charge in [-0.1, -0.05) is 25.0 Å². The van der Waals surface area contributed by atoms with E-state index in [0.29, 0.717) is 13.1 Å². The Labute approximate surface area is 169 Å². The van der Waals surface area contributed by atoms with E-state index in [9.17, 15) is 8.42 Å². The standard InChI is InChI=1S/C21H33N3O3S/c1-20(2)16-24(12-13-28(20,25)26)19(22-3)23-15-21(10-5-6-11-21)17-8-7-9-18(14-17)27-4/h7-9,14H,5-6,10-13,15-16H2,1-4H3,(H,22,23). The summed E-state index contributed by atoms with van der Waals surface area (Å²) in [5, 5.41) is 3.56. The molecule has 1 aromatic carbocycles. The molecule has 0 unspecified atom stereocenters. The van der Waals surface area contributed by atoms with Gasteiger partial charge in [0.2, 0.25) is 0 Å². The normalized spacial score (nSPS) is 23.4. The molecule has 0 amide bonds. The number of benzene rings is 1. The number of rotatable bonds is 4. The van der Waals surface area contributed by atoms with Gasteiger partial charge in [0, 0.05) is 32.1 Å². The highest BCUT2D eigenvalue weighted by atomic mass is 32.2. The molecule has 1 aliphatic heterocycles. The third-order valence-electron chi connectivity index (χ3n) is 6.38. The summed E-state index contributed by atoms with van der Waals surface area (Å²) in [4.78, 5) is 6.54. The molecular formula is C21H33N3O3S. The van der Waals surface area contributed by atoms with Crippen LogP contribution in [0.4, 0.5) is 0 Å². The second-order valence-corrected chi connectivity index (χ2v) is 11.4. The van der Waals surface area contributed by atoms with Gasteiger partial charge in [-0.15, -0.1) is 0 Å². The molecule has 1 N–H and O–H groups in total. The van der Waals surface area contributed by atoms with Crippen LogP contribution in [0.2, 0.25) is 0 Å². The number of aliphatic imine (C=N–C) groups is 1. The SMILES string of the molecule is CN=C(NCC1(c2cccc(OC)c2)CCCC1)N1CCS(=O)(=O)C(C)(C)C1. The van der Waals surface area contributed by atoms with E-state index in [1.165, 1.54) is 18.4 Å². The summed E-state index contributed by atoms with van der Waals surface area (Å²) in [7, 11) is 0.403. The maximum absolute atomic E-state index is 12.3. The van der Waals surface area contributed by atoms with E-state index in [1.807, 2.05) is 6.07 Å². The van der Waals surface area contributed by atoms with Gasteiger partial charge < -0.3 is 15.0 Å². The zero-order valence-electron chi connectivity index (χ0n) is 17.5. The Bertz CT molecular complexity index is 827. The van der Waals surface area contributed by atoms with Crippen molar-refractivity contribution < 1.29 is 13.2 Å². The maximum Gasteiger partial charge on any atom is 0.193 e. The van der Waals surface area contributed by atoms with Crippen molar-refractivity contribution in [1.82, 2.24) is 10.2 Å². The van der Waals surface area contributed by atoms with E-state index in [0.717, 1.165) is 31.1 Å². The molecule has 0 aromatic heterocycles. The van der Waals surface area contributed by atoms with Crippen LogP contribution in [-0.2, 0) is 15.3 Å². The third-order valence-corrected chi connectivity index (χ3v) is 8.92. The van der Waals surface area contributed by atoms with Gasteiger partial charge in [0.25, 0.3) is 0 Å². The minimum absolute atomic E-state index is 0.0574. The van der Waals surface area contributed by atoms with Gasteiger partial charge in [-0.3, -0.25) is 4.99 Å². The molecule has 0 radical (unpaired) electrons. The van der Waals surface area contributed by atoms with Gasteiger partial charge in [0.1, 0.15) is 5.75 Å². The minimum Gasteiger partial charge on any atom is -0.497 e. The summed E-state index contributed by atoms with van der Waals surface area (Å²) in [5.41, 5.74) is 1.36. The zero-order chi connectivity index (χ0) is 20.4. The molecule has 2 aliphatic rings. The molecule has 1 aromatic rings. The number of nitrogens with zero attached hydrogens (tertiary/aromatic N) is 2. The van der Waals surface area contributed by atoms with Gasteiger partial charge in [0.05, 0.1) is 17.6 Å². The smallest absolute Gasteiger partial charge is 0.193 e. The van der Waals surface area contributed by atoms with Crippen molar-refractivity contribution in [2.45, 2.75) is 49.7 Å². The second kappa shape index (κ2) is 7.93. The summed E-state index contributed by atoms with van der Waals surface area (Å²) in [6, 6.07) is 8.37. The van der Waals surface area contributed by atoms with Crippen LogP contribution in [0, 0.1) is 0 Å². The number of sulfone groups is 1. The first-order chi connectivity index (χ1) is 13.2. The Morgan fingerprint density at radius 1 is 1.29 bits per heavy atom. The van der Waals surface area contributed by atoms with Gasteiger partial charge >= 0.3 is 0 Å². The first-order valence-electron chi connectivity index (χ1n) is 10.1. The molecule has 1 saturated carbocycles. The molecule has 6 nitrogen and oxygen atoms in total. The van der Waals surface area contributed by atoms with E-state index in [4.69, 9.17) is 4.74 Å². The van der Waals surface area contributed by atoms with Crippen molar-refractivity contribution in [3.05, 3.63) is 29.8 Å². The summed E-state index contributed by atoms with van der Waals surface area (Å²) in [5.74, 6) is 1.84. The summed E-state index contributed by atoms with van der Waals surface area (Å²) < 4.78 is 29.3. The molecule has 1 heterocycles. The highest BCUT2D eigenvalue weighted by Gasteiger charge is 2.42. The molecule has 3 rings (SSSR count). The Kier molecular flexibility index (Phi) is 5.94. The Hall–Kier alpha value is -1.76. The number of ether oxygens (including phenoxy) is 1. The number of methoxy groups -OCH3 is 1. The third kappa shape index (κ3) is 4.00. The molecule has 7 heteroatoms. The largest absolute Gasteiger partial charge is 0.497 e. The fourth-order valence-electron chi connectivity index (χ4n) is 4.48. The van der Waals surface area contributed by atoms with Crippen LogP contribution in [0.15, 0.2) is 29.3 Å². The molecule has 156 valence electrons. The highest BCUT2D eigenvalue weighted by Crippen LogP contribution is 2.41. The van der Waals surface area contributed by atoms with E-state index >= 15 is 0 Å². The lowest BCUT2D eigenvalue weighted by atomic mass is 9.78. The molecule has 0 spiro atoms. The summed E-state index contributed by atoms with van der Waals surface area (Å²) >= 11 is 0. The number of nitrogens with one attached hydrogen (secondary N) is 1. The maximum atomic E-state index is 12.3. The van der Waals surface area contributed by atoms with Gasteiger partial charge in [0.15, 0.2) is 15.8 Å². The van der Waals surface area contributed by atoms with Crippen LogP contribution in [-0.4, -0.2) is 63.6 Å². The molecule has 1 aliphatic carbocycles. The molecule has 0 bridgehead atoms. The molecule has 2 fully saturated rings. The predicted molar refractivity (Wildman–Crippen MR) is 114 cm³/mol. The molecule has 0 atom stereocenters. The fraction of sp³-hybridized carbons (Fsp3) is 0.667. The van der Waals surface area contributed by atoms with Crippen LogP contribution >= 0.6 is 0 Å². The zero-order valence-corrected chi connectivity index (χ0v) is 18.3. The molecule has 28 heavy (non-hydrogen) atoms. The number of hydrogen-bond donors (Lipinski definition) is 1. The van der Waals surface area contributed by atoms with E-state index in [-0.39, 0.29) is 11.2 Å². The van der Waals surface area contributed by atoms with Crippen molar-refractivity contribution in [1.29, 1.82) is 0 Å². The van der Waals surface area contributed by atoms with Gasteiger partial charge in [-0.2, -0.15) is 0 Å². The lowest BCUT2D eigenvalue weighted by Gasteiger charge is -2.40. The quantitative estimate of drug-likeness (QED) is 0.614. The fourth-order valence-corrected chi connectivity index (χ4v) is 5.84. The van der Waals surface area contributed by atoms with Crippen LogP contribution in [0.5, 0.6) is 5.75 Å². The Balaban J connectivity index is 1.76. The van der Waals surface area contributed by atoms with E-state index < -0.39 is 14.6 Å². The van der Waals surface area contributed by atoms with Crippen molar-refractivity contribution >= 4 is 15.8 Å². The van der Waals surface area contributed by atoms with Crippen LogP contribution < -0.4 is 10.1 Å². The summed E-state index contributed by atoms with van der Waals surface area (Å²) in [6.07, 6.45) is 4.69. The first-order valence-corrected chi connectivity index (χ1v) is 11.7. The first kappa shape index (κ1) is 21.0. The molecular weight excluding hydrogens is 374 g/mol. The van der Waals surface area contributed by atoms with Gasteiger partial charge in [-0.05, 0) is 44.4 Å². The Morgan fingerprint density at radius 3 is 2.61 bits per heavy atom. The number of hydrogen-bond acceptors (Lipinski definition) is 4. The molecule has 1 saturated heterocycles.